The van der Waals surface area contributed by atoms with Crippen LogP contribution in [-0.4, -0.2) is 126 Å². The molecule has 4 fully saturated rings. The highest BCUT2D eigenvalue weighted by atomic mass is 79.9. The van der Waals surface area contributed by atoms with E-state index in [-0.39, 0.29) is 36.4 Å². The van der Waals surface area contributed by atoms with Gasteiger partial charge in [0.25, 0.3) is 0 Å². The van der Waals surface area contributed by atoms with E-state index in [1.165, 1.54) is 4.90 Å². The van der Waals surface area contributed by atoms with Gasteiger partial charge in [-0.2, -0.15) is 0 Å². The van der Waals surface area contributed by atoms with Crippen LogP contribution >= 0.6 is 15.9 Å². The number of morpholine rings is 1. The summed E-state index contributed by atoms with van der Waals surface area (Å²) in [6, 6.07) is -0.891. The molecule has 0 aromatic rings. The summed E-state index contributed by atoms with van der Waals surface area (Å²) in [4.78, 5) is 46.5. The highest BCUT2D eigenvalue weighted by Gasteiger charge is 2.77. The number of carbonyl (C=O) groups excluding carboxylic acids is 3. The molecule has 0 aromatic carbocycles. The van der Waals surface area contributed by atoms with Gasteiger partial charge in [0.05, 0.1) is 37.8 Å². The van der Waals surface area contributed by atoms with Crippen LogP contribution in [0.25, 0.3) is 0 Å². The van der Waals surface area contributed by atoms with Crippen LogP contribution in [0, 0.1) is 11.8 Å². The zero-order valence-electron chi connectivity index (χ0n) is 21.3. The van der Waals surface area contributed by atoms with Crippen LogP contribution in [0.5, 0.6) is 0 Å². The molecule has 4 aliphatic heterocycles. The average molecular weight is 585 g/mol. The van der Waals surface area contributed by atoms with Crippen molar-refractivity contribution < 1.29 is 33.7 Å². The van der Waals surface area contributed by atoms with Gasteiger partial charge in [0.2, 0.25) is 11.8 Å². The number of aliphatic hydroxyl groups excluding tert-OH is 1. The number of esters is 1. The van der Waals surface area contributed by atoms with Crippen LogP contribution in [-0.2, 0) is 28.6 Å². The van der Waals surface area contributed by atoms with Crippen molar-refractivity contribution in [2.45, 2.75) is 41.8 Å². The average Bonchev–Trinajstić information content (AvgIpc) is 3.49. The van der Waals surface area contributed by atoms with E-state index in [9.17, 15) is 19.5 Å². The Labute approximate surface area is 226 Å². The normalized spacial score (nSPS) is 32.9. The minimum absolute atomic E-state index is 0.118. The van der Waals surface area contributed by atoms with E-state index < -0.39 is 35.6 Å². The number of fused-ring (bicyclic) bond motifs is 1. The number of halogens is 1. The van der Waals surface area contributed by atoms with Crippen LogP contribution in [0.15, 0.2) is 25.3 Å². The van der Waals surface area contributed by atoms with Crippen molar-refractivity contribution in [3.05, 3.63) is 25.3 Å². The summed E-state index contributed by atoms with van der Waals surface area (Å²) in [6.45, 7) is 12.2. The highest BCUT2D eigenvalue weighted by molar-refractivity contribution is 9.09. The Kier molecular flexibility index (Phi) is 9.44. The number of aliphatic hydroxyl groups is 1. The van der Waals surface area contributed by atoms with Crippen LogP contribution in [0.3, 0.4) is 0 Å². The molecule has 206 valence electrons. The molecule has 10 nitrogen and oxygen atoms in total. The molecular formula is C26H38BrN3O7. The summed E-state index contributed by atoms with van der Waals surface area (Å²) in [6.07, 6.45) is 4.05. The first-order chi connectivity index (χ1) is 17.9. The number of ether oxygens (including phenoxy) is 3. The molecule has 37 heavy (non-hydrogen) atoms. The molecule has 4 saturated heterocycles. The number of alkyl halides is 1. The number of nitrogens with zero attached hydrogens (tertiary/aromatic N) is 3. The molecule has 0 aromatic heterocycles. The van der Waals surface area contributed by atoms with Gasteiger partial charge in [-0.05, 0) is 19.3 Å². The van der Waals surface area contributed by atoms with Crippen LogP contribution < -0.4 is 0 Å². The lowest BCUT2D eigenvalue weighted by Gasteiger charge is -2.37. The Morgan fingerprint density at radius 3 is 2.68 bits per heavy atom. The molecule has 0 aliphatic carbocycles. The summed E-state index contributed by atoms with van der Waals surface area (Å²) < 4.78 is 17.4. The van der Waals surface area contributed by atoms with Crippen molar-refractivity contribution in [2.24, 2.45) is 11.8 Å². The van der Waals surface area contributed by atoms with Gasteiger partial charge in [0.1, 0.15) is 11.6 Å². The molecule has 1 spiro atoms. The fourth-order valence-corrected chi connectivity index (χ4v) is 7.15. The van der Waals surface area contributed by atoms with Gasteiger partial charge in [-0.25, -0.2) is 0 Å². The highest BCUT2D eigenvalue weighted by Crippen LogP contribution is 2.60. The summed E-state index contributed by atoms with van der Waals surface area (Å²) in [5.41, 5.74) is -1.14. The minimum Gasteiger partial charge on any atom is -0.465 e. The number of amides is 2. The molecule has 11 heteroatoms. The number of likely N-dealkylation sites (tertiary alicyclic amines) is 1. The van der Waals surface area contributed by atoms with Gasteiger partial charge in [-0.3, -0.25) is 19.3 Å². The van der Waals surface area contributed by atoms with Crippen molar-refractivity contribution >= 4 is 33.7 Å². The topological polar surface area (TPSA) is 109 Å². The Morgan fingerprint density at radius 1 is 1.24 bits per heavy atom. The standard InChI is InChI=1S/C26H38BrN3O7/c1-3-5-14-36-25(34)19-20-23(32)30(8-6-13-31)22(26(20)17-18(27)21(19)37-26)24(33)29(7-4-2)10-9-28-11-15-35-16-12-28/h3-4,18-22,31H,1-2,5-17H2/t18?,19-,20-,21-,22?,26?/m0/s1. The zero-order valence-corrected chi connectivity index (χ0v) is 22.9. The predicted molar refractivity (Wildman–Crippen MR) is 139 cm³/mol. The second kappa shape index (κ2) is 12.4. The Balaban J connectivity index is 1.61. The monoisotopic (exact) mass is 583 g/mol. The van der Waals surface area contributed by atoms with E-state index in [0.29, 0.717) is 52.1 Å². The largest absolute Gasteiger partial charge is 0.465 e. The Hall–Kier alpha value is -1.79. The van der Waals surface area contributed by atoms with Gasteiger partial charge in [-0.15, -0.1) is 13.2 Å². The molecule has 0 saturated carbocycles. The SMILES string of the molecule is C=CCCOC(=O)[C@H]1[C@H]2C(=O)N(CCCO)C(C(=O)N(CC=C)CCN3CCOCC3)C23CC(Br)[C@@H]1O3. The molecule has 6 atom stereocenters. The van der Waals surface area contributed by atoms with Crippen molar-refractivity contribution in [2.75, 3.05) is 65.7 Å². The third-order valence-corrected chi connectivity index (χ3v) is 8.71. The molecular weight excluding hydrogens is 546 g/mol. The van der Waals surface area contributed by atoms with Gasteiger partial charge in [0, 0.05) is 50.7 Å². The maximum atomic E-state index is 14.2. The molecule has 4 rings (SSSR count). The zero-order chi connectivity index (χ0) is 26.6. The summed E-state index contributed by atoms with van der Waals surface area (Å²) in [5.74, 6) is -2.60. The lowest BCUT2D eigenvalue weighted by Crippen LogP contribution is -2.57. The van der Waals surface area contributed by atoms with Gasteiger partial charge in [0.15, 0.2) is 0 Å². The summed E-state index contributed by atoms with van der Waals surface area (Å²) in [5, 5.41) is 9.51. The van der Waals surface area contributed by atoms with Crippen molar-refractivity contribution in [1.29, 1.82) is 0 Å². The first-order valence-corrected chi connectivity index (χ1v) is 14.0. The van der Waals surface area contributed by atoms with E-state index in [4.69, 9.17) is 14.2 Å². The predicted octanol–water partition coefficient (Wildman–Crippen LogP) is 0.583. The third-order valence-electron chi connectivity index (χ3n) is 7.87. The van der Waals surface area contributed by atoms with Crippen LogP contribution in [0.2, 0.25) is 0 Å². The molecule has 4 heterocycles. The number of hydrogen-bond donors (Lipinski definition) is 1. The third kappa shape index (κ3) is 5.38. The van der Waals surface area contributed by atoms with Crippen LogP contribution in [0.4, 0.5) is 0 Å². The quantitative estimate of drug-likeness (QED) is 0.145. The lowest BCUT2D eigenvalue weighted by molar-refractivity contribution is -0.155. The van der Waals surface area contributed by atoms with Crippen molar-refractivity contribution in [3.63, 3.8) is 0 Å². The second-order valence-electron chi connectivity index (χ2n) is 10.0. The first kappa shape index (κ1) is 28.2. The number of rotatable bonds is 13. The summed E-state index contributed by atoms with van der Waals surface area (Å²) >= 11 is 3.66. The fraction of sp³-hybridized carbons (Fsp3) is 0.731. The van der Waals surface area contributed by atoms with E-state index in [0.717, 1.165) is 13.1 Å². The van der Waals surface area contributed by atoms with Crippen molar-refractivity contribution in [3.8, 4) is 0 Å². The van der Waals surface area contributed by atoms with E-state index >= 15 is 0 Å². The van der Waals surface area contributed by atoms with Crippen molar-refractivity contribution in [1.82, 2.24) is 14.7 Å². The minimum atomic E-state index is -1.14. The first-order valence-electron chi connectivity index (χ1n) is 13.1. The Morgan fingerprint density at radius 2 is 2.00 bits per heavy atom. The fourth-order valence-electron chi connectivity index (χ4n) is 6.21. The van der Waals surface area contributed by atoms with Crippen LogP contribution in [0.1, 0.15) is 19.3 Å². The van der Waals surface area contributed by atoms with Gasteiger partial charge in [-0.1, -0.05) is 28.1 Å². The number of carbonyl (C=O) groups is 3. The van der Waals surface area contributed by atoms with Gasteiger partial charge >= 0.3 is 5.97 Å². The molecule has 2 amide bonds. The molecule has 0 radical (unpaired) electrons. The molecule has 1 N–H and O–H groups in total. The lowest BCUT2D eigenvalue weighted by atomic mass is 9.70. The maximum absolute atomic E-state index is 14.2. The number of hydrogen-bond acceptors (Lipinski definition) is 8. The second-order valence-corrected chi connectivity index (χ2v) is 11.2. The summed E-state index contributed by atoms with van der Waals surface area (Å²) in [7, 11) is 0. The van der Waals surface area contributed by atoms with E-state index in [1.54, 1.807) is 17.1 Å². The molecule has 2 bridgehead atoms. The molecule has 3 unspecified atom stereocenters. The van der Waals surface area contributed by atoms with E-state index in [2.05, 4.69) is 34.0 Å². The molecule has 4 aliphatic rings. The maximum Gasteiger partial charge on any atom is 0.312 e. The van der Waals surface area contributed by atoms with Gasteiger partial charge < -0.3 is 29.1 Å². The smallest absolute Gasteiger partial charge is 0.312 e. The Bertz CT molecular complexity index is 882. The van der Waals surface area contributed by atoms with E-state index in [1.807, 2.05) is 0 Å².